The molecule has 0 radical (unpaired) electrons. The monoisotopic (exact) mass is 457 g/mol. The molecular formula is C19H24ClN3O4S2. The molecule has 7 nitrogen and oxygen atoms in total. The summed E-state index contributed by atoms with van der Waals surface area (Å²) in [6.07, 6.45) is 7.58. The number of ether oxygens (including phenoxy) is 1. The second-order valence-corrected chi connectivity index (χ2v) is 11.0. The molecule has 29 heavy (non-hydrogen) atoms. The van der Waals surface area contributed by atoms with Crippen molar-refractivity contribution in [3.63, 3.8) is 0 Å². The van der Waals surface area contributed by atoms with E-state index in [4.69, 9.17) is 16.3 Å². The average molecular weight is 458 g/mol. The van der Waals surface area contributed by atoms with Gasteiger partial charge in [-0.2, -0.15) is 4.31 Å². The van der Waals surface area contributed by atoms with E-state index >= 15 is 0 Å². The van der Waals surface area contributed by atoms with Gasteiger partial charge in [0.1, 0.15) is 4.21 Å². The van der Waals surface area contributed by atoms with Crippen molar-refractivity contribution < 1.29 is 17.9 Å². The van der Waals surface area contributed by atoms with Crippen molar-refractivity contribution in [2.45, 2.75) is 36.3 Å². The van der Waals surface area contributed by atoms with E-state index in [9.17, 15) is 13.2 Å². The highest BCUT2D eigenvalue weighted by Gasteiger charge is 2.25. The Bertz CT molecular complexity index is 942. The second kappa shape index (κ2) is 9.88. The van der Waals surface area contributed by atoms with Crippen LogP contribution in [0.4, 0.5) is 5.82 Å². The predicted octanol–water partition coefficient (Wildman–Crippen LogP) is 4.01. The summed E-state index contributed by atoms with van der Waals surface area (Å²) in [5, 5.41) is 2.65. The Labute approximate surface area is 180 Å². The van der Waals surface area contributed by atoms with Gasteiger partial charge < -0.3 is 10.1 Å². The molecule has 1 aliphatic carbocycles. The highest BCUT2D eigenvalue weighted by Crippen LogP contribution is 2.28. The lowest BCUT2D eigenvalue weighted by Crippen LogP contribution is -2.34. The molecule has 1 aliphatic rings. The molecule has 0 saturated heterocycles. The Morgan fingerprint density at radius 3 is 2.76 bits per heavy atom. The molecule has 158 valence electrons. The van der Waals surface area contributed by atoms with Crippen LogP contribution in [0.5, 0.6) is 5.75 Å². The van der Waals surface area contributed by atoms with Gasteiger partial charge in [-0.15, -0.1) is 11.3 Å². The van der Waals surface area contributed by atoms with E-state index in [1.165, 1.54) is 38.4 Å². The van der Waals surface area contributed by atoms with Crippen LogP contribution in [-0.2, 0) is 14.8 Å². The third kappa shape index (κ3) is 5.91. The number of hydrogen-bond acceptors (Lipinski definition) is 6. The number of nitrogens with zero attached hydrogens (tertiary/aromatic N) is 2. The van der Waals surface area contributed by atoms with Crippen molar-refractivity contribution in [3.05, 3.63) is 34.8 Å². The van der Waals surface area contributed by atoms with E-state index < -0.39 is 15.9 Å². The number of carbonyl (C=O) groups is 1. The fraction of sp³-hybridized carbons (Fsp3) is 0.474. The van der Waals surface area contributed by atoms with Crippen LogP contribution >= 0.6 is 22.9 Å². The Hall–Kier alpha value is -1.68. The SMILES string of the molecule is CN(CC(=O)Nc1ncccc1OCC1CCCCC1)S(=O)(=O)c1ccc(Cl)s1. The van der Waals surface area contributed by atoms with E-state index in [1.54, 1.807) is 18.3 Å². The van der Waals surface area contributed by atoms with Crippen LogP contribution in [0.2, 0.25) is 4.34 Å². The number of carbonyl (C=O) groups excluding carboxylic acids is 1. The number of likely N-dealkylation sites (N-methyl/N-ethyl adjacent to an activating group) is 1. The molecule has 1 amide bonds. The lowest BCUT2D eigenvalue weighted by atomic mass is 9.90. The van der Waals surface area contributed by atoms with Crippen molar-refractivity contribution in [1.82, 2.24) is 9.29 Å². The molecule has 0 unspecified atom stereocenters. The molecular weight excluding hydrogens is 434 g/mol. The molecule has 2 aromatic heterocycles. The number of amides is 1. The van der Waals surface area contributed by atoms with Gasteiger partial charge in [0.2, 0.25) is 5.91 Å². The molecule has 0 atom stereocenters. The lowest BCUT2D eigenvalue weighted by molar-refractivity contribution is -0.116. The molecule has 0 aliphatic heterocycles. The van der Waals surface area contributed by atoms with Gasteiger partial charge in [-0.25, -0.2) is 13.4 Å². The minimum atomic E-state index is -3.79. The van der Waals surface area contributed by atoms with Crippen molar-refractivity contribution in [2.75, 3.05) is 25.5 Å². The number of rotatable bonds is 8. The second-order valence-electron chi connectivity index (χ2n) is 7.03. The van der Waals surface area contributed by atoms with E-state index in [0.29, 0.717) is 28.4 Å². The molecule has 0 bridgehead atoms. The first-order valence-corrected chi connectivity index (χ1v) is 12.1. The van der Waals surface area contributed by atoms with Crippen LogP contribution in [0.1, 0.15) is 32.1 Å². The predicted molar refractivity (Wildman–Crippen MR) is 114 cm³/mol. The van der Waals surface area contributed by atoms with Crippen molar-refractivity contribution in [3.8, 4) is 5.75 Å². The fourth-order valence-corrected chi connectivity index (χ4v) is 6.03. The summed E-state index contributed by atoms with van der Waals surface area (Å²) in [7, 11) is -2.44. The third-order valence-electron chi connectivity index (χ3n) is 4.81. The van der Waals surface area contributed by atoms with Gasteiger partial charge in [0, 0.05) is 13.2 Å². The summed E-state index contributed by atoms with van der Waals surface area (Å²) >= 11 is 6.77. The fourth-order valence-electron chi connectivity index (χ4n) is 3.21. The molecule has 10 heteroatoms. The Morgan fingerprint density at radius 1 is 1.31 bits per heavy atom. The van der Waals surface area contributed by atoms with Gasteiger partial charge in [-0.3, -0.25) is 4.79 Å². The number of anilines is 1. The van der Waals surface area contributed by atoms with E-state index in [1.807, 2.05) is 0 Å². The van der Waals surface area contributed by atoms with Gasteiger partial charge in [0.15, 0.2) is 11.6 Å². The number of sulfonamides is 1. The highest BCUT2D eigenvalue weighted by molar-refractivity contribution is 7.91. The minimum absolute atomic E-state index is 0.0899. The normalized spacial score (nSPS) is 15.4. The first-order chi connectivity index (χ1) is 13.9. The maximum atomic E-state index is 12.5. The van der Waals surface area contributed by atoms with E-state index in [-0.39, 0.29) is 10.8 Å². The first-order valence-electron chi connectivity index (χ1n) is 9.45. The molecule has 3 rings (SSSR count). The molecule has 2 heterocycles. The summed E-state index contributed by atoms with van der Waals surface area (Å²) in [6.45, 7) is 0.235. The third-order valence-corrected chi connectivity index (χ3v) is 8.31. The van der Waals surface area contributed by atoms with Crippen LogP contribution in [0.15, 0.2) is 34.7 Å². The van der Waals surface area contributed by atoms with Crippen molar-refractivity contribution in [2.24, 2.45) is 5.92 Å². The molecule has 1 fully saturated rings. The standard InChI is InChI=1S/C19H24ClN3O4S2/c1-23(29(25,26)18-10-9-16(20)28-18)12-17(24)22-19-15(8-5-11-21-19)27-13-14-6-3-2-4-7-14/h5,8-11,14H,2-4,6-7,12-13H2,1H3,(H,21,22,24). The first kappa shape index (κ1) is 22.0. The van der Waals surface area contributed by atoms with Gasteiger partial charge in [0.25, 0.3) is 10.0 Å². The summed E-state index contributed by atoms with van der Waals surface area (Å²) < 4.78 is 32.4. The van der Waals surface area contributed by atoms with Crippen LogP contribution in [0, 0.1) is 5.92 Å². The van der Waals surface area contributed by atoms with E-state index in [0.717, 1.165) is 28.5 Å². The number of halogens is 1. The zero-order valence-electron chi connectivity index (χ0n) is 16.1. The lowest BCUT2D eigenvalue weighted by Gasteiger charge is -2.22. The van der Waals surface area contributed by atoms with E-state index in [2.05, 4.69) is 10.3 Å². The van der Waals surface area contributed by atoms with Gasteiger partial charge in [-0.05, 0) is 43.0 Å². The van der Waals surface area contributed by atoms with Gasteiger partial charge >= 0.3 is 0 Å². The highest BCUT2D eigenvalue weighted by atomic mass is 35.5. The van der Waals surface area contributed by atoms with Crippen molar-refractivity contribution >= 4 is 44.7 Å². The zero-order valence-corrected chi connectivity index (χ0v) is 18.5. The summed E-state index contributed by atoms with van der Waals surface area (Å²) in [4.78, 5) is 16.6. The number of hydrogen-bond donors (Lipinski definition) is 1. The Morgan fingerprint density at radius 2 is 2.07 bits per heavy atom. The number of nitrogens with one attached hydrogen (secondary N) is 1. The maximum absolute atomic E-state index is 12.5. The molecule has 0 aromatic carbocycles. The van der Waals surface area contributed by atoms with Crippen LogP contribution in [0.3, 0.4) is 0 Å². The van der Waals surface area contributed by atoms with Crippen LogP contribution < -0.4 is 10.1 Å². The summed E-state index contributed by atoms with van der Waals surface area (Å²) in [6, 6.07) is 6.42. The smallest absolute Gasteiger partial charge is 0.252 e. The average Bonchev–Trinajstić information content (AvgIpc) is 3.15. The molecule has 1 saturated carbocycles. The van der Waals surface area contributed by atoms with Crippen LogP contribution in [0.25, 0.3) is 0 Å². The zero-order chi connectivity index (χ0) is 20.9. The van der Waals surface area contributed by atoms with Crippen molar-refractivity contribution in [1.29, 1.82) is 0 Å². The Kier molecular flexibility index (Phi) is 7.50. The number of aromatic nitrogens is 1. The molecule has 1 N–H and O–H groups in total. The molecule has 0 spiro atoms. The van der Waals surface area contributed by atoms with Gasteiger partial charge in [0.05, 0.1) is 17.5 Å². The summed E-state index contributed by atoms with van der Waals surface area (Å²) in [5.41, 5.74) is 0. The maximum Gasteiger partial charge on any atom is 0.252 e. The minimum Gasteiger partial charge on any atom is -0.489 e. The summed E-state index contributed by atoms with van der Waals surface area (Å²) in [5.74, 6) is 0.793. The van der Waals surface area contributed by atoms with Crippen LogP contribution in [-0.4, -0.2) is 43.8 Å². The Balaban J connectivity index is 1.60. The molecule has 2 aromatic rings. The number of pyridine rings is 1. The number of thiophene rings is 1. The topological polar surface area (TPSA) is 88.6 Å². The largest absolute Gasteiger partial charge is 0.489 e. The quantitative estimate of drug-likeness (QED) is 0.646. The van der Waals surface area contributed by atoms with Gasteiger partial charge in [-0.1, -0.05) is 30.9 Å².